The van der Waals surface area contributed by atoms with E-state index in [2.05, 4.69) is 53.9 Å². The third-order valence-corrected chi connectivity index (χ3v) is 6.70. The van der Waals surface area contributed by atoms with Crippen molar-refractivity contribution in [3.8, 4) is 0 Å². The highest BCUT2D eigenvalue weighted by Gasteiger charge is 2.62. The van der Waals surface area contributed by atoms with Crippen LogP contribution in [0.25, 0.3) is 0 Å². The van der Waals surface area contributed by atoms with Gasteiger partial charge in [-0.1, -0.05) is 20.8 Å². The van der Waals surface area contributed by atoms with Gasteiger partial charge in [-0.2, -0.15) is 0 Å². The lowest BCUT2D eigenvalue weighted by atomic mass is 9.70. The third-order valence-electron chi connectivity index (χ3n) is 6.70. The van der Waals surface area contributed by atoms with Gasteiger partial charge in [0.2, 0.25) is 0 Å². The van der Waals surface area contributed by atoms with Crippen LogP contribution in [0, 0.1) is 16.7 Å². The minimum atomic E-state index is -0.0293. The molecule has 128 valence electrons. The number of likely N-dealkylation sites (N-methyl/N-ethyl adjacent to an activating group) is 2. The van der Waals surface area contributed by atoms with E-state index in [1.807, 2.05) is 0 Å². The van der Waals surface area contributed by atoms with Gasteiger partial charge in [0.1, 0.15) is 6.10 Å². The number of carbonyl (C=O) groups excluding carboxylic acids is 1. The van der Waals surface area contributed by atoms with Crippen LogP contribution in [-0.4, -0.2) is 69.3 Å². The Kier molecular flexibility index (Phi) is 4.67. The number of carbonyl (C=O) groups is 1. The van der Waals surface area contributed by atoms with E-state index in [1.54, 1.807) is 0 Å². The van der Waals surface area contributed by atoms with Crippen molar-refractivity contribution in [3.63, 3.8) is 0 Å². The molecule has 2 fully saturated rings. The van der Waals surface area contributed by atoms with Crippen LogP contribution in [0.3, 0.4) is 0 Å². The summed E-state index contributed by atoms with van der Waals surface area (Å²) >= 11 is 0. The van der Waals surface area contributed by atoms with Gasteiger partial charge < -0.3 is 14.1 Å². The van der Waals surface area contributed by atoms with E-state index in [1.165, 1.54) is 12.8 Å². The fourth-order valence-corrected chi connectivity index (χ4v) is 4.40. The van der Waals surface area contributed by atoms with E-state index >= 15 is 0 Å². The molecule has 2 aliphatic rings. The molecule has 0 N–H and O–H groups in total. The predicted octanol–water partition coefficient (Wildman–Crippen LogP) is 2.38. The monoisotopic (exact) mass is 311 g/mol. The molecule has 2 aliphatic carbocycles. The number of quaternary nitrogens is 1. The zero-order valence-corrected chi connectivity index (χ0v) is 15.6. The van der Waals surface area contributed by atoms with Gasteiger partial charge in [0.25, 0.3) is 0 Å². The molecule has 4 nitrogen and oxygen atoms in total. The molecule has 2 bridgehead atoms. The Morgan fingerprint density at radius 2 is 1.91 bits per heavy atom. The molecule has 0 aromatic rings. The highest BCUT2D eigenvalue weighted by atomic mass is 16.5. The summed E-state index contributed by atoms with van der Waals surface area (Å²) < 4.78 is 6.65. The number of esters is 1. The Morgan fingerprint density at radius 3 is 2.36 bits per heavy atom. The second-order valence-electron chi connectivity index (χ2n) is 9.21. The summed E-state index contributed by atoms with van der Waals surface area (Å²) in [5, 5.41) is 0. The van der Waals surface area contributed by atoms with Crippen molar-refractivity contribution < 1.29 is 14.0 Å². The SMILES string of the molecule is CN(C)CC[N+](C)(C)CC(=O)O[C@H]1C[C@@H]2CC[C@@]1(C)C2(C)C. The van der Waals surface area contributed by atoms with Crippen LogP contribution in [0.4, 0.5) is 0 Å². The standard InChI is InChI=1S/C18H35N2O2/c1-17(2)14-8-9-18(17,3)15(12-14)22-16(21)13-20(6,7)11-10-19(4)5/h14-15H,8-13H2,1-7H3/q+1/t14-,15-,18+/m0/s1. The molecule has 0 amide bonds. The van der Waals surface area contributed by atoms with Crippen molar-refractivity contribution in [3.05, 3.63) is 0 Å². The lowest BCUT2D eigenvalue weighted by Crippen LogP contribution is -2.49. The maximum atomic E-state index is 12.4. The van der Waals surface area contributed by atoms with E-state index in [9.17, 15) is 4.79 Å². The molecule has 0 radical (unpaired) electrons. The number of fused-ring (bicyclic) bond motifs is 2. The third kappa shape index (κ3) is 3.18. The molecule has 0 aromatic carbocycles. The number of hydrogen-bond acceptors (Lipinski definition) is 3. The molecule has 0 aromatic heterocycles. The zero-order chi connectivity index (χ0) is 16.8. The van der Waals surface area contributed by atoms with Crippen LogP contribution in [0.2, 0.25) is 0 Å². The topological polar surface area (TPSA) is 29.5 Å². The molecule has 0 heterocycles. The normalized spacial score (nSPS) is 33.5. The van der Waals surface area contributed by atoms with Gasteiger partial charge >= 0.3 is 5.97 Å². The zero-order valence-electron chi connectivity index (χ0n) is 15.6. The van der Waals surface area contributed by atoms with Crippen molar-refractivity contribution in [2.24, 2.45) is 16.7 Å². The van der Waals surface area contributed by atoms with Crippen molar-refractivity contribution in [2.45, 2.75) is 46.1 Å². The summed E-state index contributed by atoms with van der Waals surface area (Å²) in [6.45, 7) is 9.44. The summed E-state index contributed by atoms with van der Waals surface area (Å²) in [5.41, 5.74) is 0.460. The molecule has 2 rings (SSSR count). The van der Waals surface area contributed by atoms with Crippen molar-refractivity contribution in [1.82, 2.24) is 4.90 Å². The molecule has 2 saturated carbocycles. The van der Waals surface area contributed by atoms with Gasteiger partial charge in [-0.3, -0.25) is 0 Å². The van der Waals surface area contributed by atoms with E-state index in [-0.39, 0.29) is 17.5 Å². The van der Waals surface area contributed by atoms with Crippen molar-refractivity contribution >= 4 is 5.97 Å². The van der Waals surface area contributed by atoms with Gasteiger partial charge in [-0.25, -0.2) is 4.79 Å². The maximum Gasteiger partial charge on any atom is 0.362 e. The second kappa shape index (κ2) is 5.79. The quantitative estimate of drug-likeness (QED) is 0.557. The minimum Gasteiger partial charge on any atom is -0.458 e. The number of hydrogen-bond donors (Lipinski definition) is 0. The fraction of sp³-hybridized carbons (Fsp3) is 0.944. The van der Waals surface area contributed by atoms with Crippen molar-refractivity contribution in [1.29, 1.82) is 0 Å². The first-order chi connectivity index (χ1) is 9.98. The first-order valence-corrected chi connectivity index (χ1v) is 8.64. The molecule has 0 spiro atoms. The average Bonchev–Trinajstić information content (AvgIpc) is 2.69. The largest absolute Gasteiger partial charge is 0.458 e. The van der Waals surface area contributed by atoms with Gasteiger partial charge in [0, 0.05) is 12.0 Å². The van der Waals surface area contributed by atoms with E-state index in [0.29, 0.717) is 22.4 Å². The summed E-state index contributed by atoms with van der Waals surface area (Å²) in [7, 11) is 8.35. The Labute approximate surface area is 136 Å². The predicted molar refractivity (Wildman–Crippen MR) is 89.5 cm³/mol. The highest BCUT2D eigenvalue weighted by Crippen LogP contribution is 2.66. The molecular weight excluding hydrogens is 276 g/mol. The lowest BCUT2D eigenvalue weighted by Gasteiger charge is -2.39. The smallest absolute Gasteiger partial charge is 0.362 e. The molecule has 22 heavy (non-hydrogen) atoms. The molecule has 0 unspecified atom stereocenters. The Balaban J connectivity index is 1.91. The van der Waals surface area contributed by atoms with E-state index in [0.717, 1.165) is 19.5 Å². The Hall–Kier alpha value is -0.610. The molecule has 0 aliphatic heterocycles. The second-order valence-corrected chi connectivity index (χ2v) is 9.21. The first-order valence-electron chi connectivity index (χ1n) is 8.64. The van der Waals surface area contributed by atoms with Crippen LogP contribution >= 0.6 is 0 Å². The molecule has 3 atom stereocenters. The van der Waals surface area contributed by atoms with Gasteiger partial charge in [-0.05, 0) is 44.7 Å². The van der Waals surface area contributed by atoms with Crippen LogP contribution in [0.5, 0.6) is 0 Å². The Morgan fingerprint density at radius 1 is 1.27 bits per heavy atom. The molecular formula is C18H35N2O2+. The summed E-state index contributed by atoms with van der Waals surface area (Å²) in [6, 6.07) is 0. The van der Waals surface area contributed by atoms with E-state index in [4.69, 9.17) is 4.74 Å². The fourth-order valence-electron chi connectivity index (χ4n) is 4.40. The number of nitrogens with zero attached hydrogens (tertiary/aromatic N) is 2. The van der Waals surface area contributed by atoms with Crippen molar-refractivity contribution in [2.75, 3.05) is 47.8 Å². The number of ether oxygens (including phenoxy) is 1. The van der Waals surface area contributed by atoms with Crippen LogP contribution in [0.1, 0.15) is 40.0 Å². The summed E-state index contributed by atoms with van der Waals surface area (Å²) in [6.07, 6.45) is 3.66. The van der Waals surface area contributed by atoms with E-state index < -0.39 is 0 Å². The van der Waals surface area contributed by atoms with Gasteiger partial charge in [0.15, 0.2) is 6.54 Å². The summed E-state index contributed by atoms with van der Waals surface area (Å²) in [5.74, 6) is 0.685. The number of rotatable bonds is 6. The average molecular weight is 311 g/mol. The van der Waals surface area contributed by atoms with Crippen LogP contribution in [0.15, 0.2) is 0 Å². The summed E-state index contributed by atoms with van der Waals surface area (Å²) in [4.78, 5) is 14.6. The van der Waals surface area contributed by atoms with Gasteiger partial charge in [-0.15, -0.1) is 0 Å². The first kappa shape index (κ1) is 17.7. The maximum absolute atomic E-state index is 12.4. The van der Waals surface area contributed by atoms with Crippen LogP contribution in [-0.2, 0) is 9.53 Å². The minimum absolute atomic E-state index is 0.0293. The lowest BCUT2D eigenvalue weighted by molar-refractivity contribution is -0.882. The Bertz CT molecular complexity index is 431. The highest BCUT2D eigenvalue weighted by molar-refractivity contribution is 5.71. The molecule has 4 heteroatoms. The molecule has 0 saturated heterocycles. The van der Waals surface area contributed by atoms with Gasteiger partial charge in [0.05, 0.1) is 20.6 Å². The van der Waals surface area contributed by atoms with Crippen LogP contribution < -0.4 is 0 Å².